The Labute approximate surface area is 207 Å². The summed E-state index contributed by atoms with van der Waals surface area (Å²) in [4.78, 5) is 4.43. The van der Waals surface area contributed by atoms with Crippen LogP contribution in [0.15, 0.2) is 48.7 Å². The minimum absolute atomic E-state index is 0. The first-order chi connectivity index (χ1) is 14.7. The fourth-order valence-electron chi connectivity index (χ4n) is 4.16. The highest BCUT2D eigenvalue weighted by Crippen LogP contribution is 2.29. The standard InChI is InChI=1S/C24H28ClN3O2.2ClH/c1-29-20-9-3-16(24(14-20)30-2)15-27-18-5-7-19(8-6-18)28-22-11-12-26-23-13-17(25)4-10-21(22)23;;/h3-4,9-14,18-19,27H,5-8,15H2,1-2H3,(H,26,28);2*1H/t18-,19+;;. The van der Waals surface area contributed by atoms with Gasteiger partial charge in [0, 0.05) is 52.6 Å². The van der Waals surface area contributed by atoms with Crippen molar-refractivity contribution in [3.05, 3.63) is 59.2 Å². The van der Waals surface area contributed by atoms with Crippen LogP contribution in [0.2, 0.25) is 5.02 Å². The van der Waals surface area contributed by atoms with Gasteiger partial charge >= 0.3 is 0 Å². The third-order valence-electron chi connectivity index (χ3n) is 5.87. The van der Waals surface area contributed by atoms with Crippen LogP contribution in [0.3, 0.4) is 0 Å². The van der Waals surface area contributed by atoms with Crippen molar-refractivity contribution < 1.29 is 9.47 Å². The number of halogens is 3. The van der Waals surface area contributed by atoms with E-state index < -0.39 is 0 Å². The fourth-order valence-corrected chi connectivity index (χ4v) is 4.33. The van der Waals surface area contributed by atoms with Gasteiger partial charge in [-0.25, -0.2) is 0 Å². The number of nitrogens with zero attached hydrogens (tertiary/aromatic N) is 1. The Bertz CT molecular complexity index is 1010. The predicted molar refractivity (Wildman–Crippen MR) is 137 cm³/mol. The van der Waals surface area contributed by atoms with E-state index in [1.165, 1.54) is 0 Å². The number of anilines is 1. The molecule has 0 bridgehead atoms. The molecule has 32 heavy (non-hydrogen) atoms. The summed E-state index contributed by atoms with van der Waals surface area (Å²) in [6.07, 6.45) is 6.40. The van der Waals surface area contributed by atoms with Gasteiger partial charge in [0.2, 0.25) is 0 Å². The molecule has 0 spiro atoms. The fraction of sp³-hybridized carbons (Fsp3) is 0.375. The van der Waals surface area contributed by atoms with Gasteiger partial charge in [0.25, 0.3) is 0 Å². The van der Waals surface area contributed by atoms with Crippen molar-refractivity contribution in [1.29, 1.82) is 0 Å². The van der Waals surface area contributed by atoms with Gasteiger partial charge in [-0.2, -0.15) is 0 Å². The number of ether oxygens (including phenoxy) is 2. The third-order valence-corrected chi connectivity index (χ3v) is 6.10. The lowest BCUT2D eigenvalue weighted by Gasteiger charge is -2.31. The molecular weight excluding hydrogens is 469 g/mol. The summed E-state index contributed by atoms with van der Waals surface area (Å²) in [5.41, 5.74) is 3.22. The molecule has 0 amide bonds. The summed E-state index contributed by atoms with van der Waals surface area (Å²) in [7, 11) is 3.37. The maximum absolute atomic E-state index is 6.11. The maximum Gasteiger partial charge on any atom is 0.127 e. The van der Waals surface area contributed by atoms with Gasteiger partial charge in [0.1, 0.15) is 11.5 Å². The average molecular weight is 499 g/mol. The normalized spacial score (nSPS) is 17.7. The third kappa shape index (κ3) is 6.32. The molecule has 4 rings (SSSR count). The van der Waals surface area contributed by atoms with Gasteiger partial charge in [0.15, 0.2) is 0 Å². The van der Waals surface area contributed by atoms with E-state index in [1.807, 2.05) is 36.5 Å². The second kappa shape index (κ2) is 12.4. The van der Waals surface area contributed by atoms with Crippen LogP contribution in [0, 0.1) is 0 Å². The first kappa shape index (κ1) is 26.3. The van der Waals surface area contributed by atoms with Crippen LogP contribution in [0.5, 0.6) is 11.5 Å². The van der Waals surface area contributed by atoms with Crippen LogP contribution < -0.4 is 20.1 Å². The molecule has 1 heterocycles. The van der Waals surface area contributed by atoms with Crippen LogP contribution in [0.25, 0.3) is 10.9 Å². The molecular formula is C24H30Cl3N3O2. The lowest BCUT2D eigenvalue weighted by Crippen LogP contribution is -2.36. The Morgan fingerprint density at radius 1 is 0.938 bits per heavy atom. The summed E-state index contributed by atoms with van der Waals surface area (Å²) in [6.45, 7) is 0.797. The van der Waals surface area contributed by atoms with Crippen molar-refractivity contribution in [2.24, 2.45) is 0 Å². The topological polar surface area (TPSA) is 55.4 Å². The Balaban J connectivity index is 0.00000181. The van der Waals surface area contributed by atoms with Crippen molar-refractivity contribution in [2.75, 3.05) is 19.5 Å². The SMILES string of the molecule is COc1ccc(CN[C@H]2CC[C@@H](Nc3ccnc4cc(Cl)ccc34)CC2)c(OC)c1.Cl.Cl. The van der Waals surface area contributed by atoms with Crippen LogP contribution in [0.4, 0.5) is 5.69 Å². The summed E-state index contributed by atoms with van der Waals surface area (Å²) in [6, 6.07) is 14.9. The molecule has 2 aromatic carbocycles. The molecule has 5 nitrogen and oxygen atoms in total. The largest absolute Gasteiger partial charge is 0.497 e. The van der Waals surface area contributed by atoms with Gasteiger partial charge < -0.3 is 20.1 Å². The Kier molecular flexibility index (Phi) is 10.2. The average Bonchev–Trinajstić information content (AvgIpc) is 2.78. The zero-order chi connectivity index (χ0) is 20.9. The minimum Gasteiger partial charge on any atom is -0.497 e. The van der Waals surface area contributed by atoms with Crippen LogP contribution in [0.1, 0.15) is 31.2 Å². The summed E-state index contributed by atoms with van der Waals surface area (Å²) in [5, 5.41) is 9.26. The molecule has 1 aliphatic carbocycles. The molecule has 0 radical (unpaired) electrons. The number of nitrogens with one attached hydrogen (secondary N) is 2. The molecule has 0 atom stereocenters. The second-order valence-corrected chi connectivity index (χ2v) is 8.21. The molecule has 1 saturated carbocycles. The van der Waals surface area contributed by atoms with Crippen molar-refractivity contribution in [3.8, 4) is 11.5 Å². The van der Waals surface area contributed by atoms with E-state index in [4.69, 9.17) is 21.1 Å². The van der Waals surface area contributed by atoms with Crippen molar-refractivity contribution in [1.82, 2.24) is 10.3 Å². The van der Waals surface area contributed by atoms with E-state index in [0.29, 0.717) is 17.1 Å². The van der Waals surface area contributed by atoms with E-state index in [2.05, 4.69) is 27.8 Å². The number of fused-ring (bicyclic) bond motifs is 1. The molecule has 1 fully saturated rings. The molecule has 3 aromatic rings. The summed E-state index contributed by atoms with van der Waals surface area (Å²) in [5.74, 6) is 1.68. The smallest absolute Gasteiger partial charge is 0.127 e. The molecule has 0 saturated heterocycles. The van der Waals surface area contributed by atoms with Crippen molar-refractivity contribution >= 4 is 53.0 Å². The molecule has 8 heteroatoms. The second-order valence-electron chi connectivity index (χ2n) is 7.77. The van der Waals surface area contributed by atoms with Gasteiger partial charge in [-0.15, -0.1) is 24.8 Å². The molecule has 174 valence electrons. The van der Waals surface area contributed by atoms with Gasteiger partial charge in [-0.3, -0.25) is 4.98 Å². The van der Waals surface area contributed by atoms with Gasteiger partial charge in [-0.05, 0) is 56.0 Å². The highest BCUT2D eigenvalue weighted by Gasteiger charge is 2.21. The van der Waals surface area contributed by atoms with E-state index >= 15 is 0 Å². The van der Waals surface area contributed by atoms with E-state index in [1.54, 1.807) is 14.2 Å². The van der Waals surface area contributed by atoms with Crippen molar-refractivity contribution in [2.45, 2.75) is 44.3 Å². The zero-order valence-corrected chi connectivity index (χ0v) is 20.7. The number of benzene rings is 2. The first-order valence-corrected chi connectivity index (χ1v) is 10.8. The quantitative estimate of drug-likeness (QED) is 0.402. The van der Waals surface area contributed by atoms with Gasteiger partial charge in [-0.1, -0.05) is 17.7 Å². The van der Waals surface area contributed by atoms with Crippen LogP contribution in [-0.2, 0) is 6.54 Å². The zero-order valence-electron chi connectivity index (χ0n) is 18.3. The van der Waals surface area contributed by atoms with Crippen molar-refractivity contribution in [3.63, 3.8) is 0 Å². The molecule has 0 aliphatic heterocycles. The van der Waals surface area contributed by atoms with Crippen LogP contribution >= 0.6 is 36.4 Å². The van der Waals surface area contributed by atoms with E-state index in [9.17, 15) is 0 Å². The molecule has 1 aromatic heterocycles. The number of pyridine rings is 1. The Morgan fingerprint density at radius 2 is 1.69 bits per heavy atom. The lowest BCUT2D eigenvalue weighted by molar-refractivity contribution is 0.348. The van der Waals surface area contributed by atoms with Crippen LogP contribution in [-0.4, -0.2) is 31.3 Å². The number of hydrogen-bond acceptors (Lipinski definition) is 5. The summed E-state index contributed by atoms with van der Waals surface area (Å²) >= 11 is 6.11. The van der Waals surface area contributed by atoms with Gasteiger partial charge in [0.05, 0.1) is 19.7 Å². The monoisotopic (exact) mass is 497 g/mol. The molecule has 0 unspecified atom stereocenters. The number of methoxy groups -OCH3 is 2. The summed E-state index contributed by atoms with van der Waals surface area (Å²) < 4.78 is 10.8. The molecule has 2 N–H and O–H groups in total. The molecule has 1 aliphatic rings. The van der Waals surface area contributed by atoms with E-state index in [-0.39, 0.29) is 24.8 Å². The lowest BCUT2D eigenvalue weighted by atomic mass is 9.90. The minimum atomic E-state index is 0. The highest BCUT2D eigenvalue weighted by atomic mass is 35.5. The highest BCUT2D eigenvalue weighted by molar-refractivity contribution is 6.31. The maximum atomic E-state index is 6.11. The number of rotatable bonds is 7. The predicted octanol–water partition coefficient (Wildman–Crippen LogP) is 6.26. The van der Waals surface area contributed by atoms with E-state index in [0.717, 1.165) is 65.9 Å². The number of hydrogen-bond donors (Lipinski definition) is 2. The number of aromatic nitrogens is 1. The first-order valence-electron chi connectivity index (χ1n) is 10.4. The Morgan fingerprint density at radius 3 is 2.41 bits per heavy atom. The Hall–Kier alpha value is -1.92.